The highest BCUT2D eigenvalue weighted by molar-refractivity contribution is 5.65. The molecule has 0 aromatic heterocycles. The topological polar surface area (TPSA) is 60.8 Å². The van der Waals surface area contributed by atoms with Crippen molar-refractivity contribution in [2.45, 2.75) is 18.8 Å². The van der Waals surface area contributed by atoms with Crippen molar-refractivity contribution in [2.75, 3.05) is 19.7 Å². The summed E-state index contributed by atoms with van der Waals surface area (Å²) >= 11 is 0. The van der Waals surface area contributed by atoms with Gasteiger partial charge < -0.3 is 15.1 Å². The van der Waals surface area contributed by atoms with Gasteiger partial charge in [0.2, 0.25) is 0 Å². The number of aliphatic hydroxyl groups is 1. The average Bonchev–Trinajstić information content (AvgIpc) is 2.62. The number of hydrogen-bond donors (Lipinski definition) is 2. The average molecular weight is 221 g/mol. The molecule has 1 aliphatic carbocycles. The minimum atomic E-state index is -2.81. The molecule has 0 radical (unpaired) electrons. The third-order valence-electron chi connectivity index (χ3n) is 3.79. The number of rotatable bonds is 1. The van der Waals surface area contributed by atoms with E-state index in [0.717, 1.165) is 4.90 Å². The fourth-order valence-electron chi connectivity index (χ4n) is 2.66. The van der Waals surface area contributed by atoms with Crippen LogP contribution < -0.4 is 0 Å². The van der Waals surface area contributed by atoms with Crippen LogP contribution in [0.4, 0.5) is 13.6 Å². The van der Waals surface area contributed by atoms with Gasteiger partial charge in [0.15, 0.2) is 0 Å². The number of aliphatic hydroxyl groups excluding tert-OH is 1. The van der Waals surface area contributed by atoms with Crippen molar-refractivity contribution in [2.24, 2.45) is 11.3 Å². The molecule has 6 heteroatoms. The van der Waals surface area contributed by atoms with Gasteiger partial charge in [0, 0.05) is 18.5 Å². The monoisotopic (exact) mass is 221 g/mol. The number of halogens is 2. The third kappa shape index (κ3) is 1.24. The van der Waals surface area contributed by atoms with Gasteiger partial charge in [0.05, 0.1) is 12.5 Å². The summed E-state index contributed by atoms with van der Waals surface area (Å²) in [4.78, 5) is 11.7. The van der Waals surface area contributed by atoms with E-state index in [1.165, 1.54) is 0 Å². The zero-order chi connectivity index (χ0) is 11.3. The van der Waals surface area contributed by atoms with E-state index in [-0.39, 0.29) is 25.9 Å². The highest BCUT2D eigenvalue weighted by Gasteiger charge is 2.79. The maximum absolute atomic E-state index is 13.3. The maximum Gasteiger partial charge on any atom is 0.407 e. The maximum atomic E-state index is 13.3. The Morgan fingerprint density at radius 1 is 1.40 bits per heavy atom. The first-order chi connectivity index (χ1) is 6.95. The van der Waals surface area contributed by atoms with Crippen LogP contribution in [0.25, 0.3) is 0 Å². The Labute approximate surface area is 85.5 Å². The second-order valence-electron chi connectivity index (χ2n) is 4.28. The summed E-state index contributed by atoms with van der Waals surface area (Å²) in [6.45, 7) is -0.233. The molecule has 0 aromatic rings. The number of carboxylic acid groups (broad SMARTS) is 1. The van der Waals surface area contributed by atoms with Crippen molar-refractivity contribution in [1.82, 2.24) is 4.90 Å². The second kappa shape index (κ2) is 3.04. The highest BCUT2D eigenvalue weighted by Crippen LogP contribution is 2.70. The van der Waals surface area contributed by atoms with E-state index in [1.54, 1.807) is 0 Å². The van der Waals surface area contributed by atoms with Gasteiger partial charge in [-0.05, 0) is 12.8 Å². The van der Waals surface area contributed by atoms with E-state index in [0.29, 0.717) is 0 Å². The first kappa shape index (κ1) is 10.6. The number of amides is 1. The van der Waals surface area contributed by atoms with Gasteiger partial charge in [-0.2, -0.15) is 0 Å². The van der Waals surface area contributed by atoms with Crippen LogP contribution in [0.15, 0.2) is 0 Å². The summed E-state index contributed by atoms with van der Waals surface area (Å²) in [5.41, 5.74) is -1.13. The molecule has 2 fully saturated rings. The molecule has 0 bridgehead atoms. The van der Waals surface area contributed by atoms with E-state index < -0.39 is 30.0 Å². The summed E-state index contributed by atoms with van der Waals surface area (Å²) < 4.78 is 26.7. The van der Waals surface area contributed by atoms with Crippen LogP contribution in [0, 0.1) is 11.3 Å². The van der Waals surface area contributed by atoms with Gasteiger partial charge in [-0.1, -0.05) is 0 Å². The van der Waals surface area contributed by atoms with Gasteiger partial charge in [-0.15, -0.1) is 0 Å². The summed E-state index contributed by atoms with van der Waals surface area (Å²) in [5.74, 6) is -3.78. The Kier molecular flexibility index (Phi) is 2.15. The molecule has 1 amide bonds. The lowest BCUT2D eigenvalue weighted by molar-refractivity contribution is 0.0283. The Hall–Kier alpha value is -0.910. The number of carbonyl (C=O) groups is 1. The molecule has 1 heterocycles. The van der Waals surface area contributed by atoms with Crippen LogP contribution in [0.3, 0.4) is 0 Å². The minimum absolute atomic E-state index is 0.140. The molecular formula is C9H13F2NO3. The number of nitrogens with zero attached hydrogens (tertiary/aromatic N) is 1. The van der Waals surface area contributed by atoms with E-state index >= 15 is 0 Å². The fourth-order valence-corrected chi connectivity index (χ4v) is 2.66. The Balaban J connectivity index is 2.03. The molecule has 1 spiro atoms. The Morgan fingerprint density at radius 2 is 1.93 bits per heavy atom. The molecule has 2 rings (SSSR count). The van der Waals surface area contributed by atoms with Crippen molar-refractivity contribution < 1.29 is 23.8 Å². The molecule has 0 aromatic carbocycles. The molecule has 1 atom stereocenters. The fraction of sp³-hybridized carbons (Fsp3) is 0.889. The van der Waals surface area contributed by atoms with Gasteiger partial charge >= 0.3 is 6.09 Å². The smallest absolute Gasteiger partial charge is 0.407 e. The van der Waals surface area contributed by atoms with Crippen LogP contribution in [-0.4, -0.2) is 46.8 Å². The number of piperidine rings is 1. The first-order valence-electron chi connectivity index (χ1n) is 4.92. The lowest BCUT2D eigenvalue weighted by Crippen LogP contribution is -2.40. The minimum Gasteiger partial charge on any atom is -0.465 e. The van der Waals surface area contributed by atoms with Crippen molar-refractivity contribution in [3.05, 3.63) is 0 Å². The molecular weight excluding hydrogens is 208 g/mol. The summed E-state index contributed by atoms with van der Waals surface area (Å²) in [5, 5.41) is 17.5. The zero-order valence-corrected chi connectivity index (χ0v) is 8.12. The molecule has 2 aliphatic rings. The summed E-state index contributed by atoms with van der Waals surface area (Å²) in [6.07, 6.45) is -0.760. The molecule has 4 nitrogen and oxygen atoms in total. The van der Waals surface area contributed by atoms with Crippen LogP contribution in [0.5, 0.6) is 0 Å². The Bertz CT molecular complexity index is 287. The van der Waals surface area contributed by atoms with Crippen molar-refractivity contribution in [3.63, 3.8) is 0 Å². The highest BCUT2D eigenvalue weighted by atomic mass is 19.3. The van der Waals surface area contributed by atoms with Gasteiger partial charge in [0.1, 0.15) is 0 Å². The molecule has 86 valence electrons. The molecule has 1 saturated heterocycles. The lowest BCUT2D eigenvalue weighted by Gasteiger charge is -2.30. The predicted octanol–water partition coefficient (Wildman–Crippen LogP) is 1.00. The van der Waals surface area contributed by atoms with Crippen LogP contribution in [-0.2, 0) is 0 Å². The number of alkyl halides is 2. The van der Waals surface area contributed by atoms with E-state index in [2.05, 4.69) is 0 Å². The summed E-state index contributed by atoms with van der Waals surface area (Å²) in [6, 6.07) is 0. The molecule has 1 unspecified atom stereocenters. The van der Waals surface area contributed by atoms with Crippen molar-refractivity contribution >= 4 is 6.09 Å². The molecule has 15 heavy (non-hydrogen) atoms. The van der Waals surface area contributed by atoms with Gasteiger partial charge in [-0.3, -0.25) is 0 Å². The van der Waals surface area contributed by atoms with Crippen molar-refractivity contribution in [3.8, 4) is 0 Å². The normalized spacial score (nSPS) is 31.7. The van der Waals surface area contributed by atoms with E-state index in [4.69, 9.17) is 10.2 Å². The van der Waals surface area contributed by atoms with Crippen LogP contribution in [0.2, 0.25) is 0 Å². The molecule has 1 saturated carbocycles. The van der Waals surface area contributed by atoms with Crippen LogP contribution in [0.1, 0.15) is 12.8 Å². The van der Waals surface area contributed by atoms with Gasteiger partial charge in [0.25, 0.3) is 5.92 Å². The quantitative estimate of drug-likeness (QED) is 0.694. The lowest BCUT2D eigenvalue weighted by atomic mass is 9.90. The molecule has 1 aliphatic heterocycles. The van der Waals surface area contributed by atoms with Crippen molar-refractivity contribution in [1.29, 1.82) is 0 Å². The SMILES string of the molecule is O=C(O)N1CCC2(CC1)C(CO)C2(F)F. The van der Waals surface area contributed by atoms with E-state index in [1.807, 2.05) is 0 Å². The standard InChI is InChI=1S/C9H13F2NO3/c10-9(11)6(5-13)8(9)1-3-12(4-2-8)7(14)15/h6,13H,1-5H2,(H,14,15). The second-order valence-corrected chi connectivity index (χ2v) is 4.28. The van der Waals surface area contributed by atoms with E-state index in [9.17, 15) is 13.6 Å². The van der Waals surface area contributed by atoms with Gasteiger partial charge in [-0.25, -0.2) is 13.6 Å². The van der Waals surface area contributed by atoms with Crippen LogP contribution >= 0.6 is 0 Å². The Morgan fingerprint density at radius 3 is 2.27 bits per heavy atom. The first-order valence-corrected chi connectivity index (χ1v) is 4.92. The third-order valence-corrected chi connectivity index (χ3v) is 3.79. The number of hydrogen-bond acceptors (Lipinski definition) is 2. The predicted molar refractivity (Wildman–Crippen MR) is 46.8 cm³/mol. The zero-order valence-electron chi connectivity index (χ0n) is 8.12. The summed E-state index contributed by atoms with van der Waals surface area (Å²) in [7, 11) is 0. The molecule has 2 N–H and O–H groups in total. The largest absolute Gasteiger partial charge is 0.465 e. The number of likely N-dealkylation sites (tertiary alicyclic amines) is 1.